The first-order chi connectivity index (χ1) is 11.9. The number of carbonyl (C=O) groups is 2. The lowest BCUT2D eigenvalue weighted by atomic mass is 9.97. The predicted octanol–water partition coefficient (Wildman–Crippen LogP) is 1.30. The van der Waals surface area contributed by atoms with Crippen LogP contribution in [0.3, 0.4) is 0 Å². The van der Waals surface area contributed by atoms with Crippen molar-refractivity contribution < 1.29 is 24.5 Å². The number of carboxylic acids is 1. The summed E-state index contributed by atoms with van der Waals surface area (Å²) < 4.78 is 5.34. The quantitative estimate of drug-likeness (QED) is 0.565. The topological polar surface area (TPSA) is 108 Å². The van der Waals surface area contributed by atoms with Gasteiger partial charge in [0.15, 0.2) is 0 Å². The third kappa shape index (κ3) is 6.03. The molecule has 0 aliphatic carbocycles. The number of aliphatic carboxylic acids is 1. The van der Waals surface area contributed by atoms with Crippen LogP contribution in [0.4, 0.5) is 4.79 Å². The predicted molar refractivity (Wildman–Crippen MR) is 92.3 cm³/mol. The zero-order valence-electron chi connectivity index (χ0n) is 14.4. The number of nitrogens with one attached hydrogen (secondary N) is 2. The van der Waals surface area contributed by atoms with Crippen LogP contribution >= 0.6 is 0 Å². The van der Waals surface area contributed by atoms with Gasteiger partial charge >= 0.3 is 12.0 Å². The maximum absolute atomic E-state index is 12.2. The molecule has 1 heterocycles. The third-order valence-corrected chi connectivity index (χ3v) is 4.58. The first-order valence-electron chi connectivity index (χ1n) is 8.53. The second-order valence-corrected chi connectivity index (χ2v) is 6.51. The summed E-state index contributed by atoms with van der Waals surface area (Å²) in [5, 5.41) is 24.8. The molecule has 0 saturated carbocycles. The number of carboxylic acid groups (broad SMARTS) is 1. The van der Waals surface area contributed by atoms with Crippen LogP contribution in [0, 0.1) is 0 Å². The Bertz CT molecular complexity index is 580. The van der Waals surface area contributed by atoms with Crippen molar-refractivity contribution in [3.8, 4) is 0 Å². The van der Waals surface area contributed by atoms with E-state index in [0.29, 0.717) is 25.9 Å². The number of benzene rings is 1. The van der Waals surface area contributed by atoms with E-state index in [1.807, 2.05) is 30.3 Å². The van der Waals surface area contributed by atoms with Gasteiger partial charge in [0.2, 0.25) is 0 Å². The number of carbonyl (C=O) groups excluding carboxylic acids is 1. The molecule has 138 valence electrons. The van der Waals surface area contributed by atoms with Gasteiger partial charge in [0.1, 0.15) is 5.60 Å². The average Bonchev–Trinajstić information content (AvgIpc) is 2.91. The maximum Gasteiger partial charge on any atom is 0.315 e. The second kappa shape index (κ2) is 8.82. The zero-order valence-corrected chi connectivity index (χ0v) is 14.4. The van der Waals surface area contributed by atoms with Crippen LogP contribution in [0.1, 0.15) is 31.7 Å². The van der Waals surface area contributed by atoms with Gasteiger partial charge in [0, 0.05) is 25.5 Å². The molecule has 4 N–H and O–H groups in total. The number of aliphatic hydroxyl groups is 1. The number of hydrogen-bond donors (Lipinski definition) is 4. The summed E-state index contributed by atoms with van der Waals surface area (Å²) in [4.78, 5) is 23.0. The lowest BCUT2D eigenvalue weighted by molar-refractivity contribution is -0.137. The van der Waals surface area contributed by atoms with E-state index in [4.69, 9.17) is 9.84 Å². The molecule has 3 unspecified atom stereocenters. The van der Waals surface area contributed by atoms with Gasteiger partial charge in [0.25, 0.3) is 0 Å². The minimum atomic E-state index is -1.06. The van der Waals surface area contributed by atoms with Crippen LogP contribution in [0.2, 0.25) is 0 Å². The van der Waals surface area contributed by atoms with Gasteiger partial charge < -0.3 is 25.6 Å². The van der Waals surface area contributed by atoms with Gasteiger partial charge in [-0.1, -0.05) is 30.3 Å². The first kappa shape index (κ1) is 19.2. The van der Waals surface area contributed by atoms with Crippen LogP contribution < -0.4 is 10.6 Å². The highest BCUT2D eigenvalue weighted by molar-refractivity contribution is 5.74. The van der Waals surface area contributed by atoms with Crippen molar-refractivity contribution in [2.24, 2.45) is 0 Å². The highest BCUT2D eigenvalue weighted by Crippen LogP contribution is 2.24. The normalized spacial score (nSPS) is 23.8. The van der Waals surface area contributed by atoms with E-state index in [2.05, 4.69) is 10.6 Å². The number of ether oxygens (including phenoxy) is 1. The fourth-order valence-corrected chi connectivity index (χ4v) is 2.89. The maximum atomic E-state index is 12.2. The molecular weight excluding hydrogens is 324 g/mol. The molecule has 3 atom stereocenters. The highest BCUT2D eigenvalue weighted by Gasteiger charge is 2.39. The smallest absolute Gasteiger partial charge is 0.315 e. The Balaban J connectivity index is 1.88. The Hall–Kier alpha value is -2.12. The summed E-state index contributed by atoms with van der Waals surface area (Å²) in [5.41, 5.74) is -0.0394. The molecule has 1 aliphatic heterocycles. The van der Waals surface area contributed by atoms with Crippen LogP contribution in [-0.4, -0.2) is 53.1 Å². The summed E-state index contributed by atoms with van der Waals surface area (Å²) in [7, 11) is 0. The number of urea groups is 1. The van der Waals surface area contributed by atoms with Gasteiger partial charge in [-0.15, -0.1) is 0 Å². The molecule has 1 aromatic rings. The monoisotopic (exact) mass is 350 g/mol. The number of rotatable bonds is 8. The first-order valence-corrected chi connectivity index (χ1v) is 8.53. The Kier molecular flexibility index (Phi) is 6.78. The van der Waals surface area contributed by atoms with Crippen LogP contribution in [-0.2, 0) is 16.0 Å². The molecule has 0 spiro atoms. The zero-order chi connectivity index (χ0) is 18.3. The summed E-state index contributed by atoms with van der Waals surface area (Å²) in [5.74, 6) is -0.897. The molecular formula is C18H26N2O5. The highest BCUT2D eigenvalue weighted by atomic mass is 16.5. The van der Waals surface area contributed by atoms with Gasteiger partial charge in [0.05, 0.1) is 12.6 Å². The molecule has 1 fully saturated rings. The van der Waals surface area contributed by atoms with E-state index in [-0.39, 0.29) is 25.1 Å². The standard InChI is InChI=1S/C18H26N2O5/c1-13-18(24,9-10-25-13)12-19-17(23)20-15(7-8-16(21)22)11-14-5-3-2-4-6-14/h2-6,13,15,24H,7-12H2,1H3,(H,21,22)(H2,19,20,23). The van der Waals surface area contributed by atoms with E-state index < -0.39 is 17.6 Å². The molecule has 7 heteroatoms. The van der Waals surface area contributed by atoms with Gasteiger partial charge in [-0.3, -0.25) is 4.79 Å². The van der Waals surface area contributed by atoms with E-state index in [1.54, 1.807) is 6.92 Å². The number of amides is 2. The van der Waals surface area contributed by atoms with Crippen molar-refractivity contribution in [3.05, 3.63) is 35.9 Å². The molecule has 0 aromatic heterocycles. The number of hydrogen-bond acceptors (Lipinski definition) is 4. The van der Waals surface area contributed by atoms with Gasteiger partial charge in [-0.05, 0) is 25.3 Å². The Labute approximate surface area is 147 Å². The van der Waals surface area contributed by atoms with Gasteiger partial charge in [-0.2, -0.15) is 0 Å². The molecule has 7 nitrogen and oxygen atoms in total. The van der Waals surface area contributed by atoms with Crippen molar-refractivity contribution in [1.82, 2.24) is 10.6 Å². The largest absolute Gasteiger partial charge is 0.481 e. The van der Waals surface area contributed by atoms with Crippen molar-refractivity contribution >= 4 is 12.0 Å². The molecule has 2 rings (SSSR count). The minimum Gasteiger partial charge on any atom is -0.481 e. The lowest BCUT2D eigenvalue weighted by Crippen LogP contribution is -2.51. The second-order valence-electron chi connectivity index (χ2n) is 6.51. The van der Waals surface area contributed by atoms with Crippen molar-refractivity contribution in [2.45, 2.75) is 50.4 Å². The van der Waals surface area contributed by atoms with Crippen molar-refractivity contribution in [2.75, 3.05) is 13.2 Å². The van der Waals surface area contributed by atoms with E-state index in [1.165, 1.54) is 0 Å². The Morgan fingerprint density at radius 3 is 2.68 bits per heavy atom. The Morgan fingerprint density at radius 2 is 2.08 bits per heavy atom. The summed E-state index contributed by atoms with van der Waals surface area (Å²) in [6.45, 7) is 2.34. The van der Waals surface area contributed by atoms with Crippen molar-refractivity contribution in [3.63, 3.8) is 0 Å². The fraction of sp³-hybridized carbons (Fsp3) is 0.556. The summed E-state index contributed by atoms with van der Waals surface area (Å²) in [6, 6.07) is 8.87. The molecule has 1 saturated heterocycles. The molecule has 1 aromatic carbocycles. The molecule has 2 amide bonds. The Morgan fingerprint density at radius 1 is 1.36 bits per heavy atom. The lowest BCUT2D eigenvalue weighted by Gasteiger charge is -2.27. The van der Waals surface area contributed by atoms with E-state index >= 15 is 0 Å². The van der Waals surface area contributed by atoms with Crippen LogP contribution in [0.15, 0.2) is 30.3 Å². The minimum absolute atomic E-state index is 0.0212. The van der Waals surface area contributed by atoms with Crippen LogP contribution in [0.25, 0.3) is 0 Å². The third-order valence-electron chi connectivity index (χ3n) is 4.58. The summed E-state index contributed by atoms with van der Waals surface area (Å²) in [6.07, 6.45) is 1.00. The average molecular weight is 350 g/mol. The van der Waals surface area contributed by atoms with Crippen LogP contribution in [0.5, 0.6) is 0 Å². The van der Waals surface area contributed by atoms with E-state index in [0.717, 1.165) is 5.56 Å². The fourth-order valence-electron chi connectivity index (χ4n) is 2.89. The summed E-state index contributed by atoms with van der Waals surface area (Å²) >= 11 is 0. The SMILES string of the molecule is CC1OCCC1(O)CNC(=O)NC(CCC(=O)O)Cc1ccccc1. The van der Waals surface area contributed by atoms with Crippen molar-refractivity contribution in [1.29, 1.82) is 0 Å². The molecule has 0 radical (unpaired) electrons. The van der Waals surface area contributed by atoms with E-state index in [9.17, 15) is 14.7 Å². The van der Waals surface area contributed by atoms with Gasteiger partial charge in [-0.25, -0.2) is 4.79 Å². The molecule has 0 bridgehead atoms. The molecule has 1 aliphatic rings. The molecule has 25 heavy (non-hydrogen) atoms.